The summed E-state index contributed by atoms with van der Waals surface area (Å²) in [6.45, 7) is 6.97. The molecule has 0 heterocycles. The normalized spacial score (nSPS) is 10.5. The monoisotopic (exact) mass is 226 g/mol. The van der Waals surface area contributed by atoms with Crippen molar-refractivity contribution in [2.45, 2.75) is 78.6 Å². The van der Waals surface area contributed by atoms with E-state index in [-0.39, 0.29) is 6.61 Å². The number of aliphatic hydroxyl groups is 1. The van der Waals surface area contributed by atoms with Gasteiger partial charge in [0.25, 0.3) is 0 Å². The summed E-state index contributed by atoms with van der Waals surface area (Å²) in [5.74, 6) is 0. The maximum absolute atomic E-state index is 9.46. The van der Waals surface area contributed by atoms with Gasteiger partial charge in [0.15, 0.2) is 0 Å². The fourth-order valence-corrected chi connectivity index (χ4v) is 2.02. The average Bonchev–Trinajstić information content (AvgIpc) is 2.32. The molecule has 0 unspecified atom stereocenters. The number of hydrogen-bond donors (Lipinski definition) is 1. The van der Waals surface area contributed by atoms with Gasteiger partial charge in [-0.25, -0.2) is 0 Å². The summed E-state index contributed by atoms with van der Waals surface area (Å²) in [6.07, 6.45) is 11.0. The summed E-state index contributed by atoms with van der Waals surface area (Å²) in [5, 5.41) is 9.46. The van der Waals surface area contributed by atoms with Crippen LogP contribution in [0.3, 0.4) is 0 Å². The van der Waals surface area contributed by atoms with Gasteiger partial charge in [-0.1, -0.05) is 45.6 Å². The molecule has 0 fully saturated rings. The van der Waals surface area contributed by atoms with Gasteiger partial charge in [-0.15, -0.1) is 0 Å². The fourth-order valence-electron chi connectivity index (χ4n) is 2.02. The molecule has 16 heavy (non-hydrogen) atoms. The Morgan fingerprint density at radius 3 is 1.38 bits per heavy atom. The number of unbranched alkanes of at least 4 members (excludes halogenated alkanes) is 3. The van der Waals surface area contributed by atoms with Crippen LogP contribution in [0, 0.1) is 0 Å². The lowest BCUT2D eigenvalue weighted by molar-refractivity contribution is 0.322. The highest BCUT2D eigenvalue weighted by Crippen LogP contribution is 2.22. The number of hydrogen-bond acceptors (Lipinski definition) is 1. The minimum Gasteiger partial charge on any atom is -0.392 e. The minimum absolute atomic E-state index is 0.281. The van der Waals surface area contributed by atoms with Gasteiger partial charge >= 0.3 is 0 Å². The zero-order valence-corrected chi connectivity index (χ0v) is 11.5. The zero-order chi connectivity index (χ0) is 12.2. The molecule has 0 rings (SSSR count). The minimum atomic E-state index is 0.281. The van der Waals surface area contributed by atoms with Gasteiger partial charge in [0, 0.05) is 0 Å². The van der Waals surface area contributed by atoms with E-state index in [0.29, 0.717) is 0 Å². The van der Waals surface area contributed by atoms with Crippen LogP contribution < -0.4 is 0 Å². The van der Waals surface area contributed by atoms with E-state index >= 15 is 0 Å². The van der Waals surface area contributed by atoms with Gasteiger partial charge in [0.05, 0.1) is 6.61 Å². The molecule has 0 aliphatic rings. The van der Waals surface area contributed by atoms with Crippen LogP contribution in [0.2, 0.25) is 0 Å². The molecule has 0 spiro atoms. The third-order valence-electron chi connectivity index (χ3n) is 3.19. The average molecular weight is 226 g/mol. The molecule has 1 nitrogen and oxygen atoms in total. The summed E-state index contributed by atoms with van der Waals surface area (Å²) in [6, 6.07) is 0. The first-order valence-electron chi connectivity index (χ1n) is 7.10. The predicted octanol–water partition coefficient (Wildman–Crippen LogP) is 4.85. The van der Waals surface area contributed by atoms with Crippen LogP contribution >= 0.6 is 0 Å². The van der Waals surface area contributed by atoms with Gasteiger partial charge in [0.1, 0.15) is 0 Å². The van der Waals surface area contributed by atoms with Crippen LogP contribution in [-0.4, -0.2) is 11.7 Å². The number of rotatable bonds is 10. The van der Waals surface area contributed by atoms with Gasteiger partial charge in [0.2, 0.25) is 0 Å². The van der Waals surface area contributed by atoms with Crippen molar-refractivity contribution in [3.63, 3.8) is 0 Å². The molecular formula is C15H30O. The number of allylic oxidation sites excluding steroid dienone is 1. The topological polar surface area (TPSA) is 20.2 Å². The van der Waals surface area contributed by atoms with Crippen molar-refractivity contribution in [1.29, 1.82) is 0 Å². The highest BCUT2D eigenvalue weighted by Gasteiger charge is 2.05. The Balaban J connectivity index is 4.39. The van der Waals surface area contributed by atoms with Crippen molar-refractivity contribution in [2.24, 2.45) is 0 Å². The van der Waals surface area contributed by atoms with Gasteiger partial charge in [-0.3, -0.25) is 0 Å². The van der Waals surface area contributed by atoms with E-state index in [1.165, 1.54) is 56.9 Å². The molecule has 0 amide bonds. The molecule has 0 aromatic carbocycles. The van der Waals surface area contributed by atoms with E-state index in [4.69, 9.17) is 0 Å². The van der Waals surface area contributed by atoms with Crippen LogP contribution in [0.5, 0.6) is 0 Å². The Labute approximate surface area is 102 Å². The van der Waals surface area contributed by atoms with Crippen molar-refractivity contribution in [2.75, 3.05) is 6.61 Å². The first-order chi connectivity index (χ1) is 7.79. The van der Waals surface area contributed by atoms with Crippen LogP contribution in [0.15, 0.2) is 11.1 Å². The second kappa shape index (κ2) is 11.2. The lowest BCUT2D eigenvalue weighted by atomic mass is 9.94. The molecule has 0 saturated carbocycles. The summed E-state index contributed by atoms with van der Waals surface area (Å²) < 4.78 is 0. The van der Waals surface area contributed by atoms with E-state index in [9.17, 15) is 5.11 Å². The fraction of sp³-hybridized carbons (Fsp3) is 0.867. The molecular weight excluding hydrogens is 196 g/mol. The van der Waals surface area contributed by atoms with Crippen LogP contribution in [0.4, 0.5) is 0 Å². The maximum Gasteiger partial charge on any atom is 0.0644 e. The first-order valence-corrected chi connectivity index (χ1v) is 7.10. The lowest BCUT2D eigenvalue weighted by Gasteiger charge is -2.13. The Morgan fingerprint density at radius 2 is 1.06 bits per heavy atom. The second-order valence-electron chi connectivity index (χ2n) is 4.68. The van der Waals surface area contributed by atoms with E-state index in [0.717, 1.165) is 6.42 Å². The smallest absolute Gasteiger partial charge is 0.0644 e. The van der Waals surface area contributed by atoms with E-state index in [1.54, 1.807) is 5.57 Å². The largest absolute Gasteiger partial charge is 0.392 e. The highest BCUT2D eigenvalue weighted by molar-refractivity contribution is 5.14. The molecule has 1 heteroatoms. The third kappa shape index (κ3) is 7.05. The second-order valence-corrected chi connectivity index (χ2v) is 4.68. The van der Waals surface area contributed by atoms with Crippen molar-refractivity contribution in [1.82, 2.24) is 0 Å². The predicted molar refractivity (Wildman–Crippen MR) is 72.7 cm³/mol. The van der Waals surface area contributed by atoms with Crippen LogP contribution in [-0.2, 0) is 0 Å². The van der Waals surface area contributed by atoms with E-state index < -0.39 is 0 Å². The van der Waals surface area contributed by atoms with Crippen molar-refractivity contribution in [3.05, 3.63) is 11.1 Å². The quantitative estimate of drug-likeness (QED) is 0.528. The molecule has 0 atom stereocenters. The summed E-state index contributed by atoms with van der Waals surface area (Å²) in [5.41, 5.74) is 2.89. The van der Waals surface area contributed by atoms with Gasteiger partial charge in [-0.05, 0) is 44.1 Å². The molecule has 0 radical (unpaired) electrons. The van der Waals surface area contributed by atoms with Gasteiger partial charge in [-0.2, -0.15) is 0 Å². The molecule has 1 N–H and O–H groups in total. The summed E-state index contributed by atoms with van der Waals surface area (Å²) in [4.78, 5) is 0. The molecule has 0 bridgehead atoms. The molecule has 0 saturated heterocycles. The van der Waals surface area contributed by atoms with Crippen LogP contribution in [0.25, 0.3) is 0 Å². The van der Waals surface area contributed by atoms with Gasteiger partial charge < -0.3 is 5.11 Å². The zero-order valence-electron chi connectivity index (χ0n) is 11.5. The highest BCUT2D eigenvalue weighted by atomic mass is 16.3. The Hall–Kier alpha value is -0.300. The Morgan fingerprint density at radius 1 is 0.688 bits per heavy atom. The Bertz CT molecular complexity index is 172. The summed E-state index contributed by atoms with van der Waals surface area (Å²) in [7, 11) is 0. The standard InChI is InChI=1S/C15H30O/c1-4-7-10-14(11-8-5-2)15(13-16)12-9-6-3/h16H,4-13H2,1-3H3. The van der Waals surface area contributed by atoms with E-state index in [2.05, 4.69) is 20.8 Å². The van der Waals surface area contributed by atoms with Crippen molar-refractivity contribution >= 4 is 0 Å². The molecule has 0 aromatic heterocycles. The van der Waals surface area contributed by atoms with Crippen molar-refractivity contribution in [3.8, 4) is 0 Å². The molecule has 0 aliphatic heterocycles. The van der Waals surface area contributed by atoms with Crippen molar-refractivity contribution < 1.29 is 5.11 Å². The molecule has 0 aromatic rings. The SMILES string of the molecule is CCCCC(CO)=C(CCCC)CCCC. The maximum atomic E-state index is 9.46. The number of aliphatic hydroxyl groups excluding tert-OH is 1. The lowest BCUT2D eigenvalue weighted by Crippen LogP contribution is -1.99. The van der Waals surface area contributed by atoms with Crippen LogP contribution in [0.1, 0.15) is 78.6 Å². The molecule has 0 aliphatic carbocycles. The summed E-state index contributed by atoms with van der Waals surface area (Å²) >= 11 is 0. The molecule has 96 valence electrons. The third-order valence-corrected chi connectivity index (χ3v) is 3.19. The Kier molecular flexibility index (Phi) is 11.0. The first kappa shape index (κ1) is 15.7. The van der Waals surface area contributed by atoms with E-state index in [1.807, 2.05) is 0 Å².